The van der Waals surface area contributed by atoms with E-state index in [1.807, 2.05) is 4.90 Å². The summed E-state index contributed by atoms with van der Waals surface area (Å²) in [6.07, 6.45) is 3.15. The Bertz CT molecular complexity index is 963. The van der Waals surface area contributed by atoms with Gasteiger partial charge in [-0.25, -0.2) is 9.78 Å². The highest BCUT2D eigenvalue weighted by Crippen LogP contribution is 2.41. The number of nitrogens with zero attached hydrogens (tertiary/aromatic N) is 6. The summed E-state index contributed by atoms with van der Waals surface area (Å²) in [5, 5.41) is 3.96. The van der Waals surface area contributed by atoms with Crippen molar-refractivity contribution in [3.63, 3.8) is 0 Å². The van der Waals surface area contributed by atoms with Gasteiger partial charge in [0.25, 0.3) is 0 Å². The van der Waals surface area contributed by atoms with Gasteiger partial charge in [0.1, 0.15) is 12.7 Å². The number of piperidine rings is 1. The summed E-state index contributed by atoms with van der Waals surface area (Å²) >= 11 is 0. The summed E-state index contributed by atoms with van der Waals surface area (Å²) in [7, 11) is 0. The number of likely N-dealkylation sites (tertiary alicyclic amines) is 2. The van der Waals surface area contributed by atoms with E-state index >= 15 is 0 Å². The quantitative estimate of drug-likeness (QED) is 0.718. The number of benzene rings is 1. The number of hydrogen-bond acceptors (Lipinski definition) is 5. The second-order valence-corrected chi connectivity index (χ2v) is 9.06. The van der Waals surface area contributed by atoms with Crippen LogP contribution in [0.3, 0.4) is 0 Å². The third kappa shape index (κ3) is 3.85. The van der Waals surface area contributed by atoms with Crippen molar-refractivity contribution in [1.29, 1.82) is 0 Å². The van der Waals surface area contributed by atoms with Crippen LogP contribution in [0.15, 0.2) is 30.9 Å². The SMILES string of the molecule is O=C(N1CCC12CCN(Cc1ccc(C(F)(F)F)cc1N1CCCC1)CC2)n1cncn1. The van der Waals surface area contributed by atoms with Crippen LogP contribution >= 0.6 is 0 Å². The van der Waals surface area contributed by atoms with Crippen molar-refractivity contribution in [2.24, 2.45) is 0 Å². The average Bonchev–Trinajstić information content (AvgIpc) is 3.47. The standard InChI is InChI=1S/C22H27F3N6O/c23-22(24,25)18-4-3-17(19(13-18)29-8-1-2-9-29)14-28-10-5-21(6-11-28)7-12-30(21)20(32)31-16-26-15-27-31/h3-4,13,15-16H,1-2,5-12,14H2. The number of anilines is 1. The maximum atomic E-state index is 13.3. The van der Waals surface area contributed by atoms with Gasteiger partial charge in [-0.3, -0.25) is 4.90 Å². The molecule has 1 aromatic heterocycles. The molecule has 1 amide bonds. The third-order valence-electron chi connectivity index (χ3n) is 7.26. The van der Waals surface area contributed by atoms with E-state index in [1.165, 1.54) is 29.5 Å². The molecule has 172 valence electrons. The van der Waals surface area contributed by atoms with E-state index in [9.17, 15) is 18.0 Å². The molecule has 32 heavy (non-hydrogen) atoms. The van der Waals surface area contributed by atoms with Gasteiger partial charge in [0.2, 0.25) is 0 Å². The lowest BCUT2D eigenvalue weighted by atomic mass is 9.76. The zero-order valence-electron chi connectivity index (χ0n) is 17.9. The van der Waals surface area contributed by atoms with Crippen LogP contribution in [0.25, 0.3) is 0 Å². The second-order valence-electron chi connectivity index (χ2n) is 9.06. The molecule has 0 bridgehead atoms. The highest BCUT2D eigenvalue weighted by Gasteiger charge is 2.49. The van der Waals surface area contributed by atoms with E-state index in [2.05, 4.69) is 19.9 Å². The predicted molar refractivity (Wildman–Crippen MR) is 112 cm³/mol. The smallest absolute Gasteiger partial charge is 0.371 e. The molecule has 3 saturated heterocycles. The molecule has 0 aliphatic carbocycles. The van der Waals surface area contributed by atoms with Crippen molar-refractivity contribution in [2.45, 2.75) is 50.4 Å². The Hall–Kier alpha value is -2.62. The molecule has 7 nitrogen and oxygen atoms in total. The molecule has 0 atom stereocenters. The van der Waals surface area contributed by atoms with Crippen LogP contribution in [-0.4, -0.2) is 68.9 Å². The minimum atomic E-state index is -4.34. The van der Waals surface area contributed by atoms with Crippen molar-refractivity contribution >= 4 is 11.7 Å². The first-order valence-corrected chi connectivity index (χ1v) is 11.2. The number of halogens is 3. The van der Waals surface area contributed by atoms with Gasteiger partial charge in [-0.05, 0) is 49.8 Å². The highest BCUT2D eigenvalue weighted by atomic mass is 19.4. The van der Waals surface area contributed by atoms with Gasteiger partial charge in [0.15, 0.2) is 0 Å². The van der Waals surface area contributed by atoms with Gasteiger partial charge in [0, 0.05) is 50.5 Å². The number of aromatic nitrogens is 3. The van der Waals surface area contributed by atoms with Crippen molar-refractivity contribution < 1.29 is 18.0 Å². The largest absolute Gasteiger partial charge is 0.416 e. The molecule has 5 rings (SSSR count). The lowest BCUT2D eigenvalue weighted by Crippen LogP contribution is -2.66. The Labute approximate surface area is 184 Å². The fourth-order valence-corrected chi connectivity index (χ4v) is 5.28. The maximum Gasteiger partial charge on any atom is 0.416 e. The molecule has 0 radical (unpaired) electrons. The van der Waals surface area contributed by atoms with E-state index in [-0.39, 0.29) is 11.6 Å². The van der Waals surface area contributed by atoms with Crippen LogP contribution in [0.1, 0.15) is 43.2 Å². The van der Waals surface area contributed by atoms with Crippen LogP contribution < -0.4 is 4.90 Å². The zero-order valence-corrected chi connectivity index (χ0v) is 17.9. The summed E-state index contributed by atoms with van der Waals surface area (Å²) in [5.41, 5.74) is 0.930. The van der Waals surface area contributed by atoms with Gasteiger partial charge in [-0.2, -0.15) is 23.0 Å². The minimum absolute atomic E-state index is 0.138. The van der Waals surface area contributed by atoms with Gasteiger partial charge in [-0.15, -0.1) is 0 Å². The van der Waals surface area contributed by atoms with Gasteiger partial charge >= 0.3 is 12.2 Å². The molecular formula is C22H27F3N6O. The predicted octanol–water partition coefficient (Wildman–Crippen LogP) is 3.61. The van der Waals surface area contributed by atoms with E-state index in [0.717, 1.165) is 70.4 Å². The van der Waals surface area contributed by atoms with Crippen molar-refractivity contribution in [1.82, 2.24) is 24.6 Å². The summed E-state index contributed by atoms with van der Waals surface area (Å²) in [4.78, 5) is 22.8. The molecule has 10 heteroatoms. The molecule has 0 saturated carbocycles. The van der Waals surface area contributed by atoms with E-state index < -0.39 is 11.7 Å². The summed E-state index contributed by atoms with van der Waals surface area (Å²) in [5.74, 6) is 0. The molecule has 1 aromatic carbocycles. The summed E-state index contributed by atoms with van der Waals surface area (Å²) < 4.78 is 41.2. The minimum Gasteiger partial charge on any atom is -0.371 e. The van der Waals surface area contributed by atoms with Gasteiger partial charge in [0.05, 0.1) is 5.56 Å². The Kier molecular flexibility index (Phi) is 5.35. The lowest BCUT2D eigenvalue weighted by molar-refractivity contribution is -0.137. The van der Waals surface area contributed by atoms with E-state index in [0.29, 0.717) is 12.2 Å². The zero-order chi connectivity index (χ0) is 22.3. The van der Waals surface area contributed by atoms with E-state index in [4.69, 9.17) is 0 Å². The Morgan fingerprint density at radius 1 is 1.03 bits per heavy atom. The first-order chi connectivity index (χ1) is 15.4. The maximum absolute atomic E-state index is 13.3. The first kappa shape index (κ1) is 21.2. The Morgan fingerprint density at radius 2 is 1.75 bits per heavy atom. The van der Waals surface area contributed by atoms with Crippen molar-refractivity contribution in [3.05, 3.63) is 42.0 Å². The summed E-state index contributed by atoms with van der Waals surface area (Å²) in [6, 6.07) is 4.02. The van der Waals surface area contributed by atoms with Crippen LogP contribution in [0.5, 0.6) is 0 Å². The fourth-order valence-electron chi connectivity index (χ4n) is 5.28. The monoisotopic (exact) mass is 448 g/mol. The summed E-state index contributed by atoms with van der Waals surface area (Å²) in [6.45, 7) is 4.56. The number of hydrogen-bond donors (Lipinski definition) is 0. The Balaban J connectivity index is 1.27. The van der Waals surface area contributed by atoms with E-state index in [1.54, 1.807) is 6.07 Å². The lowest BCUT2D eigenvalue weighted by Gasteiger charge is -2.56. The van der Waals surface area contributed by atoms with Crippen LogP contribution in [0, 0.1) is 0 Å². The number of alkyl halides is 3. The van der Waals surface area contributed by atoms with Crippen LogP contribution in [-0.2, 0) is 12.7 Å². The van der Waals surface area contributed by atoms with Crippen LogP contribution in [0.4, 0.5) is 23.7 Å². The topological polar surface area (TPSA) is 57.5 Å². The third-order valence-corrected chi connectivity index (χ3v) is 7.26. The highest BCUT2D eigenvalue weighted by molar-refractivity contribution is 5.77. The van der Waals surface area contributed by atoms with Crippen LogP contribution in [0.2, 0.25) is 0 Å². The normalized spacial score (nSPS) is 21.2. The number of carbonyl (C=O) groups is 1. The first-order valence-electron chi connectivity index (χ1n) is 11.2. The van der Waals surface area contributed by atoms with Crippen molar-refractivity contribution in [3.8, 4) is 0 Å². The number of rotatable bonds is 3. The Morgan fingerprint density at radius 3 is 2.34 bits per heavy atom. The molecular weight excluding hydrogens is 421 g/mol. The number of amides is 1. The molecule has 4 heterocycles. The molecule has 3 aliphatic heterocycles. The molecule has 0 unspecified atom stereocenters. The molecule has 3 fully saturated rings. The fraction of sp³-hybridized carbons (Fsp3) is 0.591. The second kappa shape index (κ2) is 8.06. The number of carbonyl (C=O) groups excluding carboxylic acids is 1. The molecule has 0 N–H and O–H groups in total. The molecule has 2 aromatic rings. The molecule has 1 spiro atoms. The van der Waals surface area contributed by atoms with Gasteiger partial charge in [-0.1, -0.05) is 6.07 Å². The van der Waals surface area contributed by atoms with Crippen molar-refractivity contribution in [2.75, 3.05) is 37.6 Å². The van der Waals surface area contributed by atoms with Gasteiger partial charge < -0.3 is 9.80 Å². The average molecular weight is 448 g/mol. The molecule has 3 aliphatic rings.